The third-order valence-corrected chi connectivity index (χ3v) is 6.63. The van der Waals surface area contributed by atoms with Crippen molar-refractivity contribution in [2.24, 2.45) is 5.92 Å². The lowest BCUT2D eigenvalue weighted by atomic mass is 9.87. The van der Waals surface area contributed by atoms with Crippen molar-refractivity contribution in [2.75, 3.05) is 19.4 Å². The molecule has 2 heterocycles. The monoisotopic (exact) mass is 393 g/mol. The Morgan fingerprint density at radius 2 is 2.08 bits per heavy atom. The van der Waals surface area contributed by atoms with Crippen molar-refractivity contribution in [3.8, 4) is 0 Å². The van der Waals surface area contributed by atoms with E-state index in [1.54, 1.807) is 11.9 Å². The van der Waals surface area contributed by atoms with Gasteiger partial charge in [-0.2, -0.15) is 0 Å². The number of ether oxygens (including phenoxy) is 1. The van der Waals surface area contributed by atoms with Crippen LogP contribution in [0, 0.1) is 5.92 Å². The van der Waals surface area contributed by atoms with Crippen LogP contribution in [0.1, 0.15) is 32.6 Å². The molecule has 1 aliphatic carbocycles. The van der Waals surface area contributed by atoms with Crippen LogP contribution in [-0.4, -0.2) is 52.2 Å². The number of hydrogen-bond donors (Lipinski definition) is 0. The van der Waals surface area contributed by atoms with E-state index in [2.05, 4.69) is 16.9 Å². The molecule has 6 nitrogen and oxygen atoms in total. The highest BCUT2D eigenvalue weighted by Crippen LogP contribution is 2.28. The van der Waals surface area contributed by atoms with E-state index in [0.717, 1.165) is 46.8 Å². The van der Waals surface area contributed by atoms with Crippen LogP contribution < -0.4 is 0 Å². The van der Waals surface area contributed by atoms with Crippen LogP contribution in [-0.2, 0) is 14.3 Å². The van der Waals surface area contributed by atoms with E-state index in [4.69, 9.17) is 4.74 Å². The summed E-state index contributed by atoms with van der Waals surface area (Å²) in [6.07, 6.45) is 5.84. The summed E-state index contributed by atoms with van der Waals surface area (Å²) in [5.41, 5.74) is 0. The number of esters is 1. The van der Waals surface area contributed by atoms with E-state index in [1.807, 2.05) is 11.4 Å². The van der Waals surface area contributed by atoms with Crippen LogP contribution in [0.25, 0.3) is 10.2 Å². The minimum absolute atomic E-state index is 0.125. The van der Waals surface area contributed by atoms with Gasteiger partial charge in [-0.05, 0) is 43.0 Å². The third-order valence-electron chi connectivity index (χ3n) is 4.84. The number of thiophene rings is 1. The molecule has 0 unspecified atom stereocenters. The molecular formula is C18H23N3O3S2. The van der Waals surface area contributed by atoms with E-state index < -0.39 is 5.97 Å². The fraction of sp³-hybridized carbons (Fsp3) is 0.556. The minimum atomic E-state index is -0.406. The second-order valence-electron chi connectivity index (χ2n) is 6.69. The summed E-state index contributed by atoms with van der Waals surface area (Å²) in [6, 6.07) is 2.21. The van der Waals surface area contributed by atoms with Crippen LogP contribution in [0.15, 0.2) is 22.8 Å². The Kier molecular flexibility index (Phi) is 6.48. The molecule has 1 amide bonds. The highest BCUT2D eigenvalue weighted by molar-refractivity contribution is 8.00. The van der Waals surface area contributed by atoms with Gasteiger partial charge in [0.25, 0.3) is 5.91 Å². The Hall–Kier alpha value is -1.67. The molecule has 2 aromatic heterocycles. The van der Waals surface area contributed by atoms with E-state index >= 15 is 0 Å². The average molecular weight is 394 g/mol. The van der Waals surface area contributed by atoms with Gasteiger partial charge in [0, 0.05) is 18.5 Å². The van der Waals surface area contributed by atoms with Crippen LogP contribution in [0.5, 0.6) is 0 Å². The number of nitrogens with zero attached hydrogens (tertiary/aromatic N) is 3. The van der Waals surface area contributed by atoms with Gasteiger partial charge in [-0.15, -0.1) is 11.3 Å². The fourth-order valence-corrected chi connectivity index (χ4v) is 4.71. The molecule has 26 heavy (non-hydrogen) atoms. The smallest absolute Gasteiger partial charge is 0.316 e. The summed E-state index contributed by atoms with van der Waals surface area (Å²) in [5, 5.41) is 3.65. The van der Waals surface area contributed by atoms with E-state index in [9.17, 15) is 9.59 Å². The molecule has 0 spiro atoms. The predicted octanol–water partition coefficient (Wildman–Crippen LogP) is 3.36. The van der Waals surface area contributed by atoms with Crippen molar-refractivity contribution < 1.29 is 14.3 Å². The summed E-state index contributed by atoms with van der Waals surface area (Å²) >= 11 is 2.84. The molecule has 140 valence electrons. The normalized spacial score (nSPS) is 20.1. The van der Waals surface area contributed by atoms with Gasteiger partial charge in [0.2, 0.25) is 0 Å². The highest BCUT2D eigenvalue weighted by Gasteiger charge is 2.25. The van der Waals surface area contributed by atoms with Crippen molar-refractivity contribution in [2.45, 2.75) is 43.7 Å². The molecule has 0 aliphatic heterocycles. The van der Waals surface area contributed by atoms with E-state index in [0.29, 0.717) is 0 Å². The van der Waals surface area contributed by atoms with Crippen molar-refractivity contribution >= 4 is 45.2 Å². The van der Waals surface area contributed by atoms with Gasteiger partial charge in [0.15, 0.2) is 6.61 Å². The lowest BCUT2D eigenvalue weighted by Crippen LogP contribution is -2.41. The van der Waals surface area contributed by atoms with Gasteiger partial charge in [-0.25, -0.2) is 9.97 Å². The fourth-order valence-electron chi connectivity index (χ4n) is 3.13. The minimum Gasteiger partial charge on any atom is -0.455 e. The Morgan fingerprint density at radius 1 is 1.31 bits per heavy atom. The first-order valence-electron chi connectivity index (χ1n) is 8.77. The number of amides is 1. The number of rotatable bonds is 6. The van der Waals surface area contributed by atoms with Crippen molar-refractivity contribution in [3.63, 3.8) is 0 Å². The average Bonchev–Trinajstić information content (AvgIpc) is 3.13. The number of carbonyl (C=O) groups excluding carboxylic acids is 2. The van der Waals surface area contributed by atoms with Gasteiger partial charge in [-0.3, -0.25) is 9.59 Å². The molecule has 0 saturated heterocycles. The van der Waals surface area contributed by atoms with Crippen LogP contribution >= 0.6 is 23.1 Å². The Bertz CT molecular complexity index is 772. The highest BCUT2D eigenvalue weighted by atomic mass is 32.2. The van der Waals surface area contributed by atoms with Crippen LogP contribution in [0.4, 0.5) is 0 Å². The van der Waals surface area contributed by atoms with Gasteiger partial charge in [0.05, 0.1) is 5.75 Å². The predicted molar refractivity (Wildman–Crippen MR) is 103 cm³/mol. The second-order valence-corrected chi connectivity index (χ2v) is 8.54. The molecule has 0 aromatic carbocycles. The number of aromatic nitrogens is 2. The van der Waals surface area contributed by atoms with Gasteiger partial charge in [-0.1, -0.05) is 18.7 Å². The maximum absolute atomic E-state index is 12.3. The topological polar surface area (TPSA) is 72.4 Å². The van der Waals surface area contributed by atoms with Crippen molar-refractivity contribution in [1.82, 2.24) is 14.9 Å². The Labute approximate surface area is 161 Å². The molecule has 8 heteroatoms. The molecule has 1 aliphatic rings. The summed E-state index contributed by atoms with van der Waals surface area (Å²) < 4.78 is 5.16. The zero-order chi connectivity index (χ0) is 18.5. The molecular weight excluding hydrogens is 370 g/mol. The first-order valence-corrected chi connectivity index (χ1v) is 10.6. The zero-order valence-electron chi connectivity index (χ0n) is 15.0. The number of carbonyl (C=O) groups is 2. The number of fused-ring (bicyclic) bond motifs is 1. The first kappa shape index (κ1) is 19.1. The second kappa shape index (κ2) is 8.81. The lowest BCUT2D eigenvalue weighted by Gasteiger charge is -2.33. The van der Waals surface area contributed by atoms with Crippen molar-refractivity contribution in [1.29, 1.82) is 0 Å². The van der Waals surface area contributed by atoms with E-state index in [-0.39, 0.29) is 24.3 Å². The van der Waals surface area contributed by atoms with Gasteiger partial charge >= 0.3 is 5.97 Å². The summed E-state index contributed by atoms with van der Waals surface area (Å²) in [6.45, 7) is 2.05. The summed E-state index contributed by atoms with van der Waals surface area (Å²) in [5.74, 6) is 0.321. The maximum atomic E-state index is 12.3. The summed E-state index contributed by atoms with van der Waals surface area (Å²) in [4.78, 5) is 35.3. The first-order chi connectivity index (χ1) is 12.5. The molecule has 0 atom stereocenters. The molecule has 2 aromatic rings. The Morgan fingerprint density at radius 3 is 2.85 bits per heavy atom. The molecule has 0 N–H and O–H groups in total. The molecule has 1 fully saturated rings. The SMILES string of the molecule is CC1CCC(N(C)C(=O)COC(=O)CSc2ncnc3sccc23)CC1. The maximum Gasteiger partial charge on any atom is 0.316 e. The molecule has 1 saturated carbocycles. The largest absolute Gasteiger partial charge is 0.455 e. The van der Waals surface area contributed by atoms with Crippen LogP contribution in [0.2, 0.25) is 0 Å². The molecule has 0 bridgehead atoms. The number of likely N-dealkylation sites (N-methyl/N-ethyl adjacent to an activating group) is 1. The number of thioether (sulfide) groups is 1. The number of hydrogen-bond acceptors (Lipinski definition) is 7. The Balaban J connectivity index is 1.43. The summed E-state index contributed by atoms with van der Waals surface area (Å²) in [7, 11) is 1.81. The quantitative estimate of drug-likeness (QED) is 0.426. The standard InChI is InChI=1S/C18H23N3O3S2/c1-12-3-5-13(6-4-12)21(2)15(22)9-24-16(23)10-26-18-14-7-8-25-17(14)19-11-20-18/h7-8,11-13H,3-6,9-10H2,1-2H3. The third kappa shape index (κ3) is 4.73. The van der Waals surface area contributed by atoms with Gasteiger partial charge in [0.1, 0.15) is 16.2 Å². The van der Waals surface area contributed by atoms with Gasteiger partial charge < -0.3 is 9.64 Å². The van der Waals surface area contributed by atoms with E-state index in [1.165, 1.54) is 29.4 Å². The zero-order valence-corrected chi connectivity index (χ0v) is 16.6. The van der Waals surface area contributed by atoms with Crippen LogP contribution in [0.3, 0.4) is 0 Å². The van der Waals surface area contributed by atoms with Crippen molar-refractivity contribution in [3.05, 3.63) is 17.8 Å². The molecule has 0 radical (unpaired) electrons. The lowest BCUT2D eigenvalue weighted by molar-refractivity contribution is -0.150. The molecule has 3 rings (SSSR count).